The second kappa shape index (κ2) is 8.22. The Morgan fingerprint density at radius 3 is 2.66 bits per heavy atom. The zero-order valence-electron chi connectivity index (χ0n) is 17.8. The summed E-state index contributed by atoms with van der Waals surface area (Å²) in [4.78, 5) is 17.3. The van der Waals surface area contributed by atoms with Gasteiger partial charge in [-0.2, -0.15) is 14.9 Å². The molecule has 1 atom stereocenters. The lowest BCUT2D eigenvalue weighted by molar-refractivity contribution is -0.116. The highest BCUT2D eigenvalue weighted by atomic mass is 16.5. The maximum atomic E-state index is 12.6. The molecule has 5 rings (SSSR count). The van der Waals surface area contributed by atoms with Gasteiger partial charge in [0, 0.05) is 23.5 Å². The Morgan fingerprint density at radius 1 is 1.12 bits per heavy atom. The number of anilines is 1. The van der Waals surface area contributed by atoms with Crippen LogP contribution in [0.1, 0.15) is 36.1 Å². The van der Waals surface area contributed by atoms with Gasteiger partial charge in [-0.15, -0.1) is 5.10 Å². The minimum absolute atomic E-state index is 0.0790. The van der Waals surface area contributed by atoms with E-state index in [0.717, 1.165) is 28.1 Å². The topological polar surface area (TPSA) is 94.8 Å². The summed E-state index contributed by atoms with van der Waals surface area (Å²) >= 11 is 0. The van der Waals surface area contributed by atoms with Gasteiger partial charge >= 0.3 is 0 Å². The molecule has 1 aliphatic rings. The van der Waals surface area contributed by atoms with Crippen molar-refractivity contribution in [2.24, 2.45) is 0 Å². The highest BCUT2D eigenvalue weighted by Gasteiger charge is 2.33. The van der Waals surface area contributed by atoms with E-state index < -0.39 is 0 Å². The summed E-state index contributed by atoms with van der Waals surface area (Å²) < 4.78 is 7.13. The van der Waals surface area contributed by atoms with Crippen LogP contribution in [0.25, 0.3) is 17.2 Å². The molecule has 8 heteroatoms. The monoisotopic (exact) mass is 426 g/mol. The molecule has 1 aliphatic heterocycles. The molecule has 0 bridgehead atoms. The average molecular weight is 426 g/mol. The number of aryl methyl sites for hydroxylation is 1. The first-order chi connectivity index (χ1) is 15.6. The van der Waals surface area contributed by atoms with Crippen molar-refractivity contribution in [3.63, 3.8) is 0 Å². The molecular formula is C24H22N6O2. The van der Waals surface area contributed by atoms with Crippen LogP contribution in [0.3, 0.4) is 0 Å². The maximum absolute atomic E-state index is 12.6. The van der Waals surface area contributed by atoms with Gasteiger partial charge in [-0.1, -0.05) is 42.5 Å². The predicted octanol–water partition coefficient (Wildman–Crippen LogP) is 3.91. The molecule has 0 unspecified atom stereocenters. The molecule has 2 aromatic carbocycles. The van der Waals surface area contributed by atoms with Crippen molar-refractivity contribution in [1.29, 1.82) is 0 Å². The number of ether oxygens (including phenoxy) is 1. The van der Waals surface area contributed by atoms with Gasteiger partial charge in [0.2, 0.25) is 5.91 Å². The number of nitrogens with one attached hydrogen (secondary N) is 1. The fourth-order valence-electron chi connectivity index (χ4n) is 4.07. The van der Waals surface area contributed by atoms with Crippen LogP contribution in [-0.2, 0) is 4.79 Å². The van der Waals surface area contributed by atoms with Gasteiger partial charge in [0.25, 0.3) is 5.95 Å². The number of fused-ring (bicyclic) bond motifs is 1. The molecule has 8 nitrogen and oxygen atoms in total. The quantitative estimate of drug-likeness (QED) is 0.520. The summed E-state index contributed by atoms with van der Waals surface area (Å²) in [6, 6.07) is 17.6. The van der Waals surface area contributed by atoms with Crippen LogP contribution in [-0.4, -0.2) is 37.5 Å². The smallest absolute Gasteiger partial charge is 0.272 e. The summed E-state index contributed by atoms with van der Waals surface area (Å²) in [7, 11) is 0. The number of carbonyl (C=O) groups excluding carboxylic acids is 1. The van der Waals surface area contributed by atoms with Gasteiger partial charge in [-0.05, 0) is 31.5 Å². The van der Waals surface area contributed by atoms with Crippen molar-refractivity contribution < 1.29 is 9.53 Å². The summed E-state index contributed by atoms with van der Waals surface area (Å²) in [5.41, 5.74) is 4.42. The van der Waals surface area contributed by atoms with E-state index in [9.17, 15) is 4.79 Å². The fourth-order valence-corrected chi connectivity index (χ4v) is 4.07. The van der Waals surface area contributed by atoms with Crippen LogP contribution in [0.2, 0.25) is 0 Å². The second-order valence-electron chi connectivity index (χ2n) is 7.57. The van der Waals surface area contributed by atoms with Gasteiger partial charge in [0.15, 0.2) is 0 Å². The highest BCUT2D eigenvalue weighted by molar-refractivity contribution is 5.95. The Labute approximate surface area is 185 Å². The third kappa shape index (κ3) is 3.60. The average Bonchev–Trinajstić information content (AvgIpc) is 3.16. The van der Waals surface area contributed by atoms with Crippen molar-refractivity contribution in [2.75, 3.05) is 11.9 Å². The van der Waals surface area contributed by atoms with Gasteiger partial charge in [0.1, 0.15) is 11.6 Å². The lowest BCUT2D eigenvalue weighted by Gasteiger charge is -2.24. The van der Waals surface area contributed by atoms with Crippen LogP contribution in [0.4, 0.5) is 5.82 Å². The van der Waals surface area contributed by atoms with E-state index in [1.54, 1.807) is 10.9 Å². The molecule has 32 heavy (non-hydrogen) atoms. The Bertz CT molecular complexity index is 1270. The number of hydrogen-bond acceptors (Lipinski definition) is 6. The SMILES string of the molecule is CCOc1ccc([C@H]2CC(=O)Nc3c2c(C)nn3-c2nncc(-c3ccccc3)n2)cc1. The Balaban J connectivity index is 1.57. The molecule has 0 spiro atoms. The number of benzene rings is 2. The number of nitrogens with zero attached hydrogens (tertiary/aromatic N) is 5. The molecule has 4 aromatic rings. The molecule has 3 heterocycles. The molecule has 0 aliphatic carbocycles. The summed E-state index contributed by atoms with van der Waals surface area (Å²) in [6.07, 6.45) is 1.96. The molecule has 0 radical (unpaired) electrons. The van der Waals surface area contributed by atoms with Crippen molar-refractivity contribution in [3.05, 3.63) is 77.6 Å². The van der Waals surface area contributed by atoms with E-state index in [0.29, 0.717) is 30.5 Å². The molecule has 1 N–H and O–H groups in total. The number of rotatable bonds is 5. The van der Waals surface area contributed by atoms with Crippen LogP contribution in [0.15, 0.2) is 60.8 Å². The third-order valence-electron chi connectivity index (χ3n) is 5.50. The van der Waals surface area contributed by atoms with Crippen molar-refractivity contribution >= 4 is 11.7 Å². The maximum Gasteiger partial charge on any atom is 0.272 e. The predicted molar refractivity (Wildman–Crippen MR) is 120 cm³/mol. The number of amides is 1. The molecule has 1 amide bonds. The Kier molecular flexibility index (Phi) is 5.10. The second-order valence-corrected chi connectivity index (χ2v) is 7.57. The minimum Gasteiger partial charge on any atom is -0.494 e. The lowest BCUT2D eigenvalue weighted by Crippen LogP contribution is -2.25. The van der Waals surface area contributed by atoms with Gasteiger partial charge < -0.3 is 10.1 Å². The first-order valence-electron chi connectivity index (χ1n) is 10.5. The largest absolute Gasteiger partial charge is 0.494 e. The molecule has 2 aromatic heterocycles. The van der Waals surface area contributed by atoms with E-state index in [2.05, 4.69) is 25.6 Å². The fraction of sp³-hybridized carbons (Fsp3) is 0.208. The molecule has 160 valence electrons. The molecular weight excluding hydrogens is 404 g/mol. The zero-order valence-corrected chi connectivity index (χ0v) is 17.8. The van der Waals surface area contributed by atoms with E-state index in [4.69, 9.17) is 4.74 Å². The van der Waals surface area contributed by atoms with Crippen molar-refractivity contribution in [1.82, 2.24) is 25.0 Å². The van der Waals surface area contributed by atoms with E-state index >= 15 is 0 Å². The third-order valence-corrected chi connectivity index (χ3v) is 5.50. The van der Waals surface area contributed by atoms with Crippen LogP contribution >= 0.6 is 0 Å². The molecule has 0 fully saturated rings. The number of carbonyl (C=O) groups is 1. The minimum atomic E-state index is -0.117. The van der Waals surface area contributed by atoms with Gasteiger partial charge in [-0.25, -0.2) is 4.98 Å². The first kappa shape index (κ1) is 19.9. The normalized spacial score (nSPS) is 15.2. The summed E-state index contributed by atoms with van der Waals surface area (Å²) in [5.74, 6) is 1.51. The Morgan fingerprint density at radius 2 is 1.91 bits per heavy atom. The standard InChI is InChI=1S/C24H22N6O2/c1-3-32-18-11-9-16(10-12-18)19-13-21(31)27-23-22(19)15(2)29-30(23)24-26-20(14-25-28-24)17-7-5-4-6-8-17/h4-12,14,19H,3,13H2,1-2H3,(H,27,31)/t19-/m1/s1. The highest BCUT2D eigenvalue weighted by Crippen LogP contribution is 2.40. The number of aromatic nitrogens is 5. The van der Waals surface area contributed by atoms with Crippen LogP contribution in [0, 0.1) is 6.92 Å². The van der Waals surface area contributed by atoms with Crippen molar-refractivity contribution in [2.45, 2.75) is 26.2 Å². The summed E-state index contributed by atoms with van der Waals surface area (Å²) in [6.45, 7) is 4.49. The van der Waals surface area contributed by atoms with Crippen LogP contribution in [0.5, 0.6) is 5.75 Å². The number of hydrogen-bond donors (Lipinski definition) is 1. The van der Waals surface area contributed by atoms with E-state index in [1.807, 2.05) is 68.4 Å². The molecule has 0 saturated carbocycles. The van der Waals surface area contributed by atoms with E-state index in [1.165, 1.54) is 0 Å². The van der Waals surface area contributed by atoms with Crippen LogP contribution < -0.4 is 10.1 Å². The van der Waals surface area contributed by atoms with Gasteiger partial charge in [-0.3, -0.25) is 4.79 Å². The summed E-state index contributed by atoms with van der Waals surface area (Å²) in [5, 5.41) is 15.9. The van der Waals surface area contributed by atoms with E-state index in [-0.39, 0.29) is 11.8 Å². The lowest BCUT2D eigenvalue weighted by atomic mass is 9.86. The Hall–Kier alpha value is -4.07. The molecule has 0 saturated heterocycles. The van der Waals surface area contributed by atoms with Crippen molar-refractivity contribution in [3.8, 4) is 23.0 Å². The first-order valence-corrected chi connectivity index (χ1v) is 10.5. The van der Waals surface area contributed by atoms with Gasteiger partial charge in [0.05, 0.1) is 24.2 Å². The zero-order chi connectivity index (χ0) is 22.1.